The van der Waals surface area contributed by atoms with E-state index in [1.54, 1.807) is 0 Å². The van der Waals surface area contributed by atoms with Crippen molar-refractivity contribution in [1.82, 2.24) is 0 Å². The molecule has 2 aromatic rings. The Balaban J connectivity index is 2.04. The summed E-state index contributed by atoms with van der Waals surface area (Å²) in [5, 5.41) is 53.2. The number of aliphatic hydroxyl groups excluding tert-OH is 1. The zero-order valence-electron chi connectivity index (χ0n) is 17.6. The number of hydrogen-bond acceptors (Lipinski definition) is 10. The minimum atomic E-state index is -2.09. The number of benzene rings is 2. The predicted molar refractivity (Wildman–Crippen MR) is 109 cm³/mol. The van der Waals surface area contributed by atoms with E-state index >= 15 is 0 Å². The van der Waals surface area contributed by atoms with Crippen LogP contribution in [0, 0.1) is 0 Å². The van der Waals surface area contributed by atoms with E-state index in [0.717, 1.165) is 25.3 Å². The molecule has 2 aliphatic rings. The average molecular weight is 456 g/mol. The van der Waals surface area contributed by atoms with E-state index in [9.17, 15) is 44.7 Å². The number of ether oxygens (including phenoxy) is 1. The first-order valence-corrected chi connectivity index (χ1v) is 9.94. The third-order valence-corrected chi connectivity index (χ3v) is 6.18. The van der Waals surface area contributed by atoms with E-state index in [4.69, 9.17) is 4.74 Å². The number of ketones is 3. The lowest BCUT2D eigenvalue weighted by Crippen LogP contribution is -2.47. The monoisotopic (exact) mass is 456 g/mol. The number of carbonyl (C=O) groups excluding carboxylic acids is 4. The van der Waals surface area contributed by atoms with E-state index < -0.39 is 93.3 Å². The molecule has 0 saturated heterocycles. The summed E-state index contributed by atoms with van der Waals surface area (Å²) in [5.74, 6) is -6.91. The minimum absolute atomic E-state index is 0.190. The van der Waals surface area contributed by atoms with Crippen molar-refractivity contribution >= 4 is 23.3 Å². The summed E-state index contributed by atoms with van der Waals surface area (Å²) in [7, 11) is 1.05. The Morgan fingerprint density at radius 1 is 1.06 bits per heavy atom. The molecule has 4 rings (SSSR count). The molecule has 33 heavy (non-hydrogen) atoms. The quantitative estimate of drug-likeness (QED) is 0.282. The van der Waals surface area contributed by atoms with E-state index in [1.807, 2.05) is 0 Å². The Kier molecular flexibility index (Phi) is 5.03. The minimum Gasteiger partial charge on any atom is -0.507 e. The highest BCUT2D eigenvalue weighted by molar-refractivity contribution is 6.31. The standard InChI is InChI=1S/C23H20O10/c1-8(24)6-23(32)7-13(27)14-9(18(23)22(31)33-2)5-10-15(20(14)29)21(30)17-12(26)4-3-11(25)16(17)19(10)28/h3-5,13,18,25-27,29,32H,6-7H2,1-2H3. The van der Waals surface area contributed by atoms with Crippen molar-refractivity contribution in [2.24, 2.45) is 0 Å². The van der Waals surface area contributed by atoms with Crippen LogP contribution in [0.3, 0.4) is 0 Å². The lowest BCUT2D eigenvalue weighted by Gasteiger charge is -2.42. The Hall–Kier alpha value is -3.76. The van der Waals surface area contributed by atoms with Crippen molar-refractivity contribution in [3.63, 3.8) is 0 Å². The molecule has 0 saturated carbocycles. The number of Topliss-reactive ketones (excluding diaryl/α,β-unsaturated/α-hetero) is 1. The first-order valence-electron chi connectivity index (χ1n) is 9.94. The molecule has 2 aliphatic carbocycles. The molecule has 3 unspecified atom stereocenters. The van der Waals surface area contributed by atoms with Gasteiger partial charge in [-0.1, -0.05) is 0 Å². The average Bonchev–Trinajstić information content (AvgIpc) is 2.71. The van der Waals surface area contributed by atoms with Gasteiger partial charge in [0.25, 0.3) is 0 Å². The molecule has 2 aromatic carbocycles. The van der Waals surface area contributed by atoms with Crippen LogP contribution in [0.1, 0.15) is 74.8 Å². The molecule has 0 aromatic heterocycles. The Bertz CT molecular complexity index is 1260. The van der Waals surface area contributed by atoms with Gasteiger partial charge in [-0.2, -0.15) is 0 Å². The summed E-state index contributed by atoms with van der Waals surface area (Å²) in [5.41, 5.74) is -4.48. The van der Waals surface area contributed by atoms with Gasteiger partial charge in [0.1, 0.15) is 28.9 Å². The number of hydrogen-bond donors (Lipinski definition) is 5. The summed E-state index contributed by atoms with van der Waals surface area (Å²) in [6.07, 6.45) is -2.65. The fraction of sp³-hybridized carbons (Fsp3) is 0.304. The summed E-state index contributed by atoms with van der Waals surface area (Å²) < 4.78 is 4.78. The second-order valence-electron chi connectivity index (χ2n) is 8.32. The molecule has 0 amide bonds. The van der Waals surface area contributed by atoms with Gasteiger partial charge >= 0.3 is 5.97 Å². The summed E-state index contributed by atoms with van der Waals surface area (Å²) >= 11 is 0. The molecule has 0 spiro atoms. The molecule has 3 atom stereocenters. The zero-order chi connectivity index (χ0) is 24.4. The summed E-state index contributed by atoms with van der Waals surface area (Å²) in [6.45, 7) is 1.19. The maximum atomic E-state index is 13.2. The van der Waals surface area contributed by atoms with Gasteiger partial charge in [-0.25, -0.2) is 0 Å². The summed E-state index contributed by atoms with van der Waals surface area (Å²) in [6, 6.07) is 3.10. The largest absolute Gasteiger partial charge is 0.507 e. The van der Waals surface area contributed by atoms with Gasteiger partial charge in [0.05, 0.1) is 35.5 Å². The first kappa shape index (κ1) is 22.4. The third-order valence-electron chi connectivity index (χ3n) is 6.18. The Morgan fingerprint density at radius 3 is 2.18 bits per heavy atom. The number of aliphatic hydroxyl groups is 2. The van der Waals surface area contributed by atoms with Crippen molar-refractivity contribution in [3.8, 4) is 17.2 Å². The molecule has 0 bridgehead atoms. The van der Waals surface area contributed by atoms with Gasteiger partial charge in [0, 0.05) is 24.0 Å². The Labute approximate surface area is 186 Å². The molecule has 10 heteroatoms. The van der Waals surface area contributed by atoms with E-state index in [-0.39, 0.29) is 11.1 Å². The molecular formula is C23H20O10. The molecule has 0 fully saturated rings. The second kappa shape index (κ2) is 7.39. The number of esters is 1. The van der Waals surface area contributed by atoms with Crippen LogP contribution in [0.15, 0.2) is 18.2 Å². The maximum Gasteiger partial charge on any atom is 0.316 e. The zero-order valence-corrected chi connectivity index (χ0v) is 17.6. The van der Waals surface area contributed by atoms with Gasteiger partial charge in [0.2, 0.25) is 5.78 Å². The van der Waals surface area contributed by atoms with Gasteiger partial charge in [-0.15, -0.1) is 0 Å². The van der Waals surface area contributed by atoms with Gasteiger partial charge in [-0.05, 0) is 30.7 Å². The highest BCUT2D eigenvalue weighted by Crippen LogP contribution is 2.52. The molecule has 0 heterocycles. The summed E-state index contributed by atoms with van der Waals surface area (Å²) in [4.78, 5) is 50.8. The van der Waals surface area contributed by atoms with Gasteiger partial charge in [-0.3, -0.25) is 19.2 Å². The van der Waals surface area contributed by atoms with Crippen LogP contribution >= 0.6 is 0 Å². The fourth-order valence-electron chi connectivity index (χ4n) is 4.92. The second-order valence-corrected chi connectivity index (χ2v) is 8.32. The third kappa shape index (κ3) is 3.10. The number of fused-ring (bicyclic) bond motifs is 3. The molecule has 5 N–H and O–H groups in total. The highest BCUT2D eigenvalue weighted by Gasteiger charge is 2.52. The highest BCUT2D eigenvalue weighted by atomic mass is 16.5. The van der Waals surface area contributed by atoms with Gasteiger partial charge in [0.15, 0.2) is 5.78 Å². The molecule has 10 nitrogen and oxygen atoms in total. The van der Waals surface area contributed by atoms with Crippen molar-refractivity contribution in [2.45, 2.75) is 37.4 Å². The maximum absolute atomic E-state index is 13.2. The van der Waals surface area contributed by atoms with Crippen molar-refractivity contribution in [3.05, 3.63) is 51.6 Å². The molecule has 172 valence electrons. The lowest BCUT2D eigenvalue weighted by molar-refractivity contribution is -0.154. The van der Waals surface area contributed by atoms with E-state index in [0.29, 0.717) is 0 Å². The van der Waals surface area contributed by atoms with Crippen LogP contribution in [0.4, 0.5) is 0 Å². The van der Waals surface area contributed by atoms with Gasteiger partial charge < -0.3 is 30.3 Å². The van der Waals surface area contributed by atoms with Crippen molar-refractivity contribution < 1.29 is 49.4 Å². The molecule has 0 radical (unpaired) electrons. The molecular weight excluding hydrogens is 436 g/mol. The topological polar surface area (TPSA) is 179 Å². The predicted octanol–water partition coefficient (Wildman–Crippen LogP) is 0.983. The van der Waals surface area contributed by atoms with Crippen LogP contribution in [-0.2, 0) is 14.3 Å². The normalized spacial score (nSPS) is 23.4. The van der Waals surface area contributed by atoms with Crippen LogP contribution in [0.2, 0.25) is 0 Å². The number of rotatable bonds is 3. The number of phenols is 3. The number of carbonyl (C=O) groups is 4. The fourth-order valence-corrected chi connectivity index (χ4v) is 4.92. The molecule has 0 aliphatic heterocycles. The Morgan fingerprint density at radius 2 is 1.64 bits per heavy atom. The van der Waals surface area contributed by atoms with E-state index in [1.165, 1.54) is 6.92 Å². The number of methoxy groups -OCH3 is 1. The van der Waals surface area contributed by atoms with Crippen LogP contribution < -0.4 is 0 Å². The smallest absolute Gasteiger partial charge is 0.316 e. The van der Waals surface area contributed by atoms with Crippen LogP contribution in [0.25, 0.3) is 0 Å². The number of phenolic OH excluding ortho intramolecular Hbond substituents is 3. The van der Waals surface area contributed by atoms with Crippen molar-refractivity contribution in [1.29, 1.82) is 0 Å². The van der Waals surface area contributed by atoms with Crippen molar-refractivity contribution in [2.75, 3.05) is 7.11 Å². The first-order chi connectivity index (χ1) is 15.4. The van der Waals surface area contributed by atoms with E-state index in [2.05, 4.69) is 0 Å². The lowest BCUT2D eigenvalue weighted by atomic mass is 9.66. The van der Waals surface area contributed by atoms with Crippen LogP contribution in [-0.4, -0.2) is 61.6 Å². The number of aromatic hydroxyl groups is 3. The van der Waals surface area contributed by atoms with Crippen LogP contribution in [0.5, 0.6) is 17.2 Å². The SMILES string of the molecule is COC(=O)C1c2cc3c(c(O)c2C(O)CC1(O)CC(C)=O)C(=O)c1c(O)ccc(O)c1C3=O.